The molecule has 0 aliphatic carbocycles. The lowest BCUT2D eigenvalue weighted by Gasteiger charge is -2.39. The van der Waals surface area contributed by atoms with Crippen molar-refractivity contribution in [3.8, 4) is 0 Å². The van der Waals surface area contributed by atoms with Crippen LogP contribution in [0.25, 0.3) is 0 Å². The molecule has 0 bridgehead atoms. The van der Waals surface area contributed by atoms with Crippen LogP contribution in [0.5, 0.6) is 0 Å². The number of halogens is 1. The molecule has 0 radical (unpaired) electrons. The monoisotopic (exact) mass is 280 g/mol. The van der Waals surface area contributed by atoms with Gasteiger partial charge in [0.25, 0.3) is 11.6 Å². The van der Waals surface area contributed by atoms with E-state index in [9.17, 15) is 19.3 Å². The van der Waals surface area contributed by atoms with Crippen LogP contribution in [-0.4, -0.2) is 27.8 Å². The number of nitro groups is 1. The summed E-state index contributed by atoms with van der Waals surface area (Å²) in [6.07, 6.45) is 2.80. The van der Waals surface area contributed by atoms with Crippen LogP contribution < -0.4 is 0 Å². The van der Waals surface area contributed by atoms with E-state index in [2.05, 4.69) is 0 Å². The molecule has 0 N–H and O–H groups in total. The van der Waals surface area contributed by atoms with Crippen LogP contribution >= 0.6 is 0 Å². The molecule has 1 amide bonds. The van der Waals surface area contributed by atoms with Gasteiger partial charge in [-0.15, -0.1) is 0 Å². The van der Waals surface area contributed by atoms with Crippen molar-refractivity contribution in [1.82, 2.24) is 4.90 Å². The molecular weight excluding hydrogens is 263 g/mol. The Balaban J connectivity index is 2.40. The predicted octanol–water partition coefficient (Wildman–Crippen LogP) is 3.14. The number of likely N-dealkylation sites (tertiary alicyclic amines) is 1. The zero-order valence-electron chi connectivity index (χ0n) is 11.5. The Morgan fingerprint density at radius 1 is 1.35 bits per heavy atom. The van der Waals surface area contributed by atoms with Crippen molar-refractivity contribution >= 4 is 11.6 Å². The topological polar surface area (TPSA) is 63.5 Å². The first kappa shape index (κ1) is 14.4. The Kier molecular flexibility index (Phi) is 4.01. The number of amides is 1. The van der Waals surface area contributed by atoms with Crippen LogP contribution in [0.15, 0.2) is 18.2 Å². The van der Waals surface area contributed by atoms with Gasteiger partial charge in [0.05, 0.1) is 11.0 Å². The molecule has 1 fully saturated rings. The van der Waals surface area contributed by atoms with Crippen LogP contribution in [0.3, 0.4) is 0 Å². The van der Waals surface area contributed by atoms with Crippen molar-refractivity contribution in [2.24, 2.45) is 0 Å². The summed E-state index contributed by atoms with van der Waals surface area (Å²) in [5.41, 5.74) is -0.517. The molecule has 0 spiro atoms. The van der Waals surface area contributed by atoms with Gasteiger partial charge in [0.1, 0.15) is 11.4 Å². The average Bonchev–Trinajstić information content (AvgIpc) is 2.38. The van der Waals surface area contributed by atoms with Crippen LogP contribution in [-0.2, 0) is 0 Å². The predicted molar refractivity (Wildman–Crippen MR) is 72.0 cm³/mol. The summed E-state index contributed by atoms with van der Waals surface area (Å²) in [5.74, 6) is -1.11. The Labute approximate surface area is 116 Å². The molecule has 0 saturated carbocycles. The summed E-state index contributed by atoms with van der Waals surface area (Å²) in [6.45, 7) is 3.87. The van der Waals surface area contributed by atoms with E-state index >= 15 is 0 Å². The summed E-state index contributed by atoms with van der Waals surface area (Å²) in [6, 6.07) is 3.15. The Bertz CT molecular complexity index is 537. The summed E-state index contributed by atoms with van der Waals surface area (Å²) in [7, 11) is 0. The molecule has 1 saturated heterocycles. The zero-order valence-corrected chi connectivity index (χ0v) is 11.5. The lowest BCUT2D eigenvalue weighted by molar-refractivity contribution is -0.385. The molecule has 1 aromatic carbocycles. The third-order valence-corrected chi connectivity index (χ3v) is 3.81. The minimum absolute atomic E-state index is 0.0379. The van der Waals surface area contributed by atoms with E-state index < -0.39 is 22.3 Å². The van der Waals surface area contributed by atoms with Crippen molar-refractivity contribution < 1.29 is 14.1 Å². The van der Waals surface area contributed by atoms with Crippen molar-refractivity contribution in [2.75, 3.05) is 0 Å². The Hall–Kier alpha value is -1.98. The van der Waals surface area contributed by atoms with Crippen LogP contribution in [0.2, 0.25) is 0 Å². The van der Waals surface area contributed by atoms with Gasteiger partial charge < -0.3 is 4.90 Å². The molecule has 1 heterocycles. The maximum atomic E-state index is 13.1. The van der Waals surface area contributed by atoms with Gasteiger partial charge in [0.2, 0.25) is 0 Å². The zero-order chi connectivity index (χ0) is 14.9. The van der Waals surface area contributed by atoms with Gasteiger partial charge in [0, 0.05) is 12.1 Å². The van der Waals surface area contributed by atoms with Crippen LogP contribution in [0.1, 0.15) is 43.5 Å². The summed E-state index contributed by atoms with van der Waals surface area (Å²) < 4.78 is 13.1. The van der Waals surface area contributed by atoms with Gasteiger partial charge in [-0.25, -0.2) is 4.39 Å². The first-order valence-electron chi connectivity index (χ1n) is 6.68. The maximum Gasteiger partial charge on any atom is 0.285 e. The summed E-state index contributed by atoms with van der Waals surface area (Å²) >= 11 is 0. The lowest BCUT2D eigenvalue weighted by atomic mass is 9.96. The quantitative estimate of drug-likeness (QED) is 0.617. The number of piperidine rings is 1. The molecule has 6 heteroatoms. The normalized spacial score (nSPS) is 22.6. The third kappa shape index (κ3) is 2.64. The third-order valence-electron chi connectivity index (χ3n) is 3.81. The standard InChI is InChI=1S/C14H17FN2O3/c1-9-4-3-5-10(2)16(9)14(18)12-7-6-11(15)8-13(12)17(19)20/h6-10H,3-5H2,1-2H3. The minimum atomic E-state index is -0.715. The Morgan fingerprint density at radius 2 is 1.95 bits per heavy atom. The average molecular weight is 280 g/mol. The summed E-state index contributed by atoms with van der Waals surface area (Å²) in [4.78, 5) is 24.5. The fourth-order valence-corrected chi connectivity index (χ4v) is 2.80. The highest BCUT2D eigenvalue weighted by Crippen LogP contribution is 2.28. The highest BCUT2D eigenvalue weighted by atomic mass is 19.1. The number of rotatable bonds is 2. The maximum absolute atomic E-state index is 13.1. The second-order valence-corrected chi connectivity index (χ2v) is 5.26. The molecular formula is C14H17FN2O3. The Morgan fingerprint density at radius 3 is 2.50 bits per heavy atom. The number of hydrogen-bond acceptors (Lipinski definition) is 3. The lowest BCUT2D eigenvalue weighted by Crippen LogP contribution is -2.47. The number of hydrogen-bond donors (Lipinski definition) is 0. The highest BCUT2D eigenvalue weighted by Gasteiger charge is 2.33. The first-order valence-corrected chi connectivity index (χ1v) is 6.68. The number of benzene rings is 1. The molecule has 1 aliphatic heterocycles. The van der Waals surface area contributed by atoms with Crippen LogP contribution in [0.4, 0.5) is 10.1 Å². The second kappa shape index (κ2) is 5.56. The van der Waals surface area contributed by atoms with E-state index in [1.165, 1.54) is 6.07 Å². The number of nitrogens with zero attached hydrogens (tertiary/aromatic N) is 2. The van der Waals surface area contributed by atoms with E-state index in [1.807, 2.05) is 13.8 Å². The SMILES string of the molecule is CC1CCCC(C)N1C(=O)c1ccc(F)cc1[N+](=O)[O-]. The van der Waals surface area contributed by atoms with E-state index in [-0.39, 0.29) is 17.6 Å². The smallest absolute Gasteiger partial charge is 0.285 e. The minimum Gasteiger partial charge on any atom is -0.333 e. The van der Waals surface area contributed by atoms with Gasteiger partial charge in [0.15, 0.2) is 0 Å². The van der Waals surface area contributed by atoms with Gasteiger partial charge in [-0.2, -0.15) is 0 Å². The van der Waals surface area contributed by atoms with E-state index in [0.29, 0.717) is 0 Å². The van der Waals surface area contributed by atoms with Gasteiger partial charge in [-0.1, -0.05) is 0 Å². The molecule has 108 valence electrons. The summed E-state index contributed by atoms with van der Waals surface area (Å²) in [5, 5.41) is 11.0. The molecule has 0 aromatic heterocycles. The molecule has 2 rings (SSSR count). The van der Waals surface area contributed by atoms with E-state index in [1.54, 1.807) is 4.90 Å². The second-order valence-electron chi connectivity index (χ2n) is 5.26. The van der Waals surface area contributed by atoms with Crippen molar-refractivity contribution in [1.29, 1.82) is 0 Å². The largest absolute Gasteiger partial charge is 0.333 e. The molecule has 1 aromatic rings. The molecule has 2 atom stereocenters. The molecule has 2 unspecified atom stereocenters. The van der Waals surface area contributed by atoms with E-state index in [4.69, 9.17) is 0 Å². The molecule has 20 heavy (non-hydrogen) atoms. The van der Waals surface area contributed by atoms with Gasteiger partial charge in [-0.05, 0) is 45.2 Å². The van der Waals surface area contributed by atoms with Gasteiger partial charge in [-0.3, -0.25) is 14.9 Å². The van der Waals surface area contributed by atoms with Crippen LogP contribution in [0, 0.1) is 15.9 Å². The fourth-order valence-electron chi connectivity index (χ4n) is 2.80. The number of nitro benzene ring substituents is 1. The first-order chi connectivity index (χ1) is 9.41. The van der Waals surface area contributed by atoms with Crippen molar-refractivity contribution in [2.45, 2.75) is 45.2 Å². The number of carbonyl (C=O) groups is 1. The van der Waals surface area contributed by atoms with Gasteiger partial charge >= 0.3 is 0 Å². The number of carbonyl (C=O) groups excluding carboxylic acids is 1. The van der Waals surface area contributed by atoms with E-state index in [0.717, 1.165) is 31.4 Å². The van der Waals surface area contributed by atoms with Crippen molar-refractivity contribution in [3.05, 3.63) is 39.7 Å². The fraction of sp³-hybridized carbons (Fsp3) is 0.500. The van der Waals surface area contributed by atoms with Crippen molar-refractivity contribution in [3.63, 3.8) is 0 Å². The molecule has 5 nitrogen and oxygen atoms in total. The molecule has 1 aliphatic rings. The highest BCUT2D eigenvalue weighted by molar-refractivity contribution is 5.98.